The van der Waals surface area contributed by atoms with Crippen LogP contribution in [0, 0.1) is 0 Å². The number of benzene rings is 1. The Morgan fingerprint density at radius 3 is 2.88 bits per heavy atom. The van der Waals surface area contributed by atoms with Crippen LogP contribution in [0.15, 0.2) is 35.6 Å². The van der Waals surface area contributed by atoms with Gasteiger partial charge in [0.2, 0.25) is 5.91 Å². The minimum atomic E-state index is -0.492. The molecule has 1 fully saturated rings. The number of rotatable bonds is 4. The number of fused-ring (bicyclic) bond motifs is 3. The lowest BCUT2D eigenvalue weighted by atomic mass is 10.0. The Kier molecular flexibility index (Phi) is 5.34. The first-order valence-electron chi connectivity index (χ1n) is 11.1. The molecule has 0 bridgehead atoms. The molecule has 0 aliphatic carbocycles. The number of nitrogens with one attached hydrogen (secondary N) is 2. The van der Waals surface area contributed by atoms with E-state index in [1.165, 1.54) is 0 Å². The molecule has 174 valence electrons. The van der Waals surface area contributed by atoms with Crippen LogP contribution in [-0.4, -0.2) is 70.2 Å². The Balaban J connectivity index is 1.44. The van der Waals surface area contributed by atoms with Gasteiger partial charge in [0.15, 0.2) is 5.90 Å². The molecule has 0 spiro atoms. The summed E-state index contributed by atoms with van der Waals surface area (Å²) in [5.74, 6) is 0.493. The number of aliphatic imine (C=N–C) groups is 1. The smallest absolute Gasteiger partial charge is 0.244 e. The summed E-state index contributed by atoms with van der Waals surface area (Å²) >= 11 is 6.41. The van der Waals surface area contributed by atoms with Gasteiger partial charge in [-0.15, -0.1) is 0 Å². The van der Waals surface area contributed by atoms with Crippen molar-refractivity contribution in [2.45, 2.75) is 44.9 Å². The maximum absolute atomic E-state index is 13.5. The van der Waals surface area contributed by atoms with Gasteiger partial charge in [-0.3, -0.25) is 14.7 Å². The number of ether oxygens (including phenoxy) is 2. The van der Waals surface area contributed by atoms with Crippen LogP contribution in [0.3, 0.4) is 0 Å². The number of anilines is 1. The van der Waals surface area contributed by atoms with Crippen molar-refractivity contribution in [3.63, 3.8) is 0 Å². The van der Waals surface area contributed by atoms with Crippen LogP contribution in [0.1, 0.15) is 27.7 Å². The van der Waals surface area contributed by atoms with Crippen LogP contribution in [0.2, 0.25) is 5.02 Å². The molecule has 9 heteroatoms. The highest BCUT2D eigenvalue weighted by Gasteiger charge is 2.39. The third-order valence-electron chi connectivity index (χ3n) is 6.05. The molecule has 4 heterocycles. The minimum absolute atomic E-state index is 0.163. The monoisotopic (exact) mass is 469 g/mol. The van der Waals surface area contributed by atoms with E-state index in [2.05, 4.69) is 25.2 Å². The van der Waals surface area contributed by atoms with E-state index in [0.29, 0.717) is 36.3 Å². The van der Waals surface area contributed by atoms with E-state index in [1.54, 1.807) is 18.5 Å². The van der Waals surface area contributed by atoms with E-state index in [0.717, 1.165) is 21.8 Å². The van der Waals surface area contributed by atoms with Crippen molar-refractivity contribution in [3.05, 3.63) is 35.6 Å². The molecule has 0 unspecified atom stereocenters. The Bertz CT molecular complexity index is 1270. The number of carbonyl (C=O) groups excluding carboxylic acids is 1. The number of morpholine rings is 1. The lowest BCUT2D eigenvalue weighted by Gasteiger charge is -2.42. The summed E-state index contributed by atoms with van der Waals surface area (Å²) in [5.41, 5.74) is 1.70. The number of halogens is 1. The topological polar surface area (TPSA) is 91.8 Å². The van der Waals surface area contributed by atoms with Crippen LogP contribution in [0.25, 0.3) is 21.8 Å². The molecule has 2 aliphatic heterocycles. The second-order valence-corrected chi connectivity index (χ2v) is 10.4. The van der Waals surface area contributed by atoms with E-state index >= 15 is 0 Å². The van der Waals surface area contributed by atoms with E-state index in [4.69, 9.17) is 21.1 Å². The second-order valence-electron chi connectivity index (χ2n) is 10.0. The van der Waals surface area contributed by atoms with Crippen molar-refractivity contribution in [3.8, 4) is 0 Å². The van der Waals surface area contributed by atoms with Crippen LogP contribution < -0.4 is 5.32 Å². The molecule has 2 aromatic heterocycles. The molecule has 8 nitrogen and oxygen atoms in total. The van der Waals surface area contributed by atoms with Gasteiger partial charge in [0.1, 0.15) is 12.6 Å². The van der Waals surface area contributed by atoms with E-state index in [-0.39, 0.29) is 23.7 Å². The van der Waals surface area contributed by atoms with Crippen molar-refractivity contribution in [1.29, 1.82) is 0 Å². The van der Waals surface area contributed by atoms with E-state index < -0.39 is 6.04 Å². The van der Waals surface area contributed by atoms with Crippen molar-refractivity contribution in [2.24, 2.45) is 4.99 Å². The molecule has 2 aliphatic rings. The predicted octanol–water partition coefficient (Wildman–Crippen LogP) is 3.99. The van der Waals surface area contributed by atoms with E-state index in [1.807, 2.05) is 39.8 Å². The first-order chi connectivity index (χ1) is 15.6. The number of hydrogen-bond acceptors (Lipinski definition) is 6. The SMILES string of the molecule is CC1(C)COC(CN2CC(C)(C)OC[C@H]2C(=O)Nc2cc(Cl)cc3c2[nH]c2cnccc23)=N1. The molecule has 0 saturated carbocycles. The molecule has 1 amide bonds. The third-order valence-corrected chi connectivity index (χ3v) is 6.27. The summed E-state index contributed by atoms with van der Waals surface area (Å²) in [6.45, 7) is 9.97. The average molecular weight is 470 g/mol. The molecule has 1 atom stereocenters. The average Bonchev–Trinajstić information content (AvgIpc) is 3.27. The molecular formula is C24H28ClN5O3. The highest BCUT2D eigenvalue weighted by atomic mass is 35.5. The lowest BCUT2D eigenvalue weighted by Crippen LogP contribution is -2.59. The summed E-state index contributed by atoms with van der Waals surface area (Å²) in [6, 6.07) is 5.09. The largest absolute Gasteiger partial charge is 0.477 e. The summed E-state index contributed by atoms with van der Waals surface area (Å²) < 4.78 is 11.8. The van der Waals surface area contributed by atoms with Crippen LogP contribution in [-0.2, 0) is 14.3 Å². The third kappa shape index (κ3) is 4.43. The standard InChI is InChI=1S/C24H28ClN5O3/c1-23(2)13-32-20(29-23)10-30-12-24(3,4)33-11-19(30)22(31)28-17-8-14(25)7-16-15-5-6-26-9-18(15)27-21(16)17/h5-9,19,27H,10-13H2,1-4H3,(H,28,31)/t19-/m0/s1. The first kappa shape index (κ1) is 22.1. The number of hydrogen-bond donors (Lipinski definition) is 2. The van der Waals surface area contributed by atoms with Crippen LogP contribution in [0.5, 0.6) is 0 Å². The number of H-pyrrole nitrogens is 1. The van der Waals surface area contributed by atoms with Gasteiger partial charge in [-0.25, -0.2) is 4.99 Å². The molecule has 3 aromatic rings. The molecular weight excluding hydrogens is 442 g/mol. The van der Waals surface area contributed by atoms with Gasteiger partial charge in [0.05, 0.1) is 47.2 Å². The maximum atomic E-state index is 13.5. The van der Waals surface area contributed by atoms with Crippen LogP contribution >= 0.6 is 11.6 Å². The summed E-state index contributed by atoms with van der Waals surface area (Å²) in [5, 5.41) is 5.56. The zero-order valence-corrected chi connectivity index (χ0v) is 20.0. The maximum Gasteiger partial charge on any atom is 0.244 e. The van der Waals surface area contributed by atoms with Crippen molar-refractivity contribution in [1.82, 2.24) is 14.9 Å². The zero-order chi connectivity index (χ0) is 23.4. The number of aromatic nitrogens is 2. The minimum Gasteiger partial charge on any atom is -0.477 e. The summed E-state index contributed by atoms with van der Waals surface area (Å²) in [7, 11) is 0. The highest BCUT2D eigenvalue weighted by molar-refractivity contribution is 6.33. The van der Waals surface area contributed by atoms with Crippen LogP contribution in [0.4, 0.5) is 5.69 Å². The molecule has 1 aromatic carbocycles. The number of carbonyl (C=O) groups is 1. The first-order valence-corrected chi connectivity index (χ1v) is 11.4. The Labute approximate surface area is 197 Å². The van der Waals surface area contributed by atoms with Gasteiger partial charge in [-0.2, -0.15) is 0 Å². The van der Waals surface area contributed by atoms with Crippen molar-refractivity contribution >= 4 is 50.9 Å². The summed E-state index contributed by atoms with van der Waals surface area (Å²) in [6.07, 6.45) is 3.50. The molecule has 1 saturated heterocycles. The highest BCUT2D eigenvalue weighted by Crippen LogP contribution is 2.33. The second kappa shape index (κ2) is 7.97. The number of amides is 1. The fraction of sp³-hybridized carbons (Fsp3) is 0.458. The van der Waals surface area contributed by atoms with Gasteiger partial charge in [0.25, 0.3) is 0 Å². The Hall–Kier alpha value is -2.68. The van der Waals surface area contributed by atoms with Gasteiger partial charge in [0, 0.05) is 28.5 Å². The Morgan fingerprint density at radius 2 is 2.12 bits per heavy atom. The van der Waals surface area contributed by atoms with Gasteiger partial charge >= 0.3 is 0 Å². The van der Waals surface area contributed by atoms with Crippen molar-refractivity contribution in [2.75, 3.05) is 31.6 Å². The number of pyridine rings is 1. The summed E-state index contributed by atoms with van der Waals surface area (Å²) in [4.78, 5) is 27.8. The van der Waals surface area contributed by atoms with Crippen molar-refractivity contribution < 1.29 is 14.3 Å². The van der Waals surface area contributed by atoms with Gasteiger partial charge in [-0.1, -0.05) is 11.6 Å². The van der Waals surface area contributed by atoms with Gasteiger partial charge < -0.3 is 19.8 Å². The molecule has 5 rings (SSSR count). The number of aromatic amines is 1. The fourth-order valence-electron chi connectivity index (χ4n) is 4.51. The predicted molar refractivity (Wildman–Crippen MR) is 130 cm³/mol. The molecule has 0 radical (unpaired) electrons. The lowest BCUT2D eigenvalue weighted by molar-refractivity contribution is -0.141. The fourth-order valence-corrected chi connectivity index (χ4v) is 4.73. The molecule has 33 heavy (non-hydrogen) atoms. The van der Waals surface area contributed by atoms with E-state index in [9.17, 15) is 4.79 Å². The zero-order valence-electron chi connectivity index (χ0n) is 19.2. The molecule has 2 N–H and O–H groups in total. The number of nitrogens with zero attached hydrogens (tertiary/aromatic N) is 3. The Morgan fingerprint density at radius 1 is 1.30 bits per heavy atom. The van der Waals surface area contributed by atoms with Gasteiger partial charge in [-0.05, 0) is 45.9 Å². The quantitative estimate of drug-likeness (QED) is 0.602. The normalized spacial score (nSPS) is 22.3.